The molecule has 0 aromatic rings. The van der Waals surface area contributed by atoms with Gasteiger partial charge in [-0.3, -0.25) is 4.79 Å². The Bertz CT molecular complexity index is 394. The van der Waals surface area contributed by atoms with Gasteiger partial charge < -0.3 is 21.3 Å². The molecule has 0 heterocycles. The predicted octanol–water partition coefficient (Wildman–Crippen LogP) is 3.76. The molecule has 6 nitrogen and oxygen atoms in total. The molecule has 28 heavy (non-hydrogen) atoms. The van der Waals surface area contributed by atoms with E-state index in [2.05, 4.69) is 12.2 Å². The van der Waals surface area contributed by atoms with E-state index in [4.69, 9.17) is 20.7 Å². The van der Waals surface area contributed by atoms with E-state index in [0.29, 0.717) is 6.54 Å². The van der Waals surface area contributed by atoms with E-state index in [1.807, 2.05) is 0 Å². The van der Waals surface area contributed by atoms with Crippen molar-refractivity contribution in [3.8, 4) is 0 Å². The molecule has 168 valence electrons. The molecule has 5 N–H and O–H groups in total. The van der Waals surface area contributed by atoms with Crippen LogP contribution in [0.3, 0.4) is 0 Å². The molecular formula is C19H37F3N2O4. The molecule has 1 unspecified atom stereocenters. The van der Waals surface area contributed by atoms with Crippen LogP contribution in [0.5, 0.6) is 0 Å². The molecule has 1 atom stereocenters. The molecule has 1 amide bonds. The molecule has 0 rings (SSSR count). The number of nitrogens with one attached hydrogen (secondary N) is 1. The summed E-state index contributed by atoms with van der Waals surface area (Å²) in [5.41, 5.74) is 5.40. The minimum Gasteiger partial charge on any atom is -0.475 e. The van der Waals surface area contributed by atoms with Gasteiger partial charge in [0.15, 0.2) is 0 Å². The summed E-state index contributed by atoms with van der Waals surface area (Å²) in [6.45, 7) is 2.64. The van der Waals surface area contributed by atoms with Crippen molar-refractivity contribution in [3.63, 3.8) is 0 Å². The molecule has 0 aliphatic carbocycles. The van der Waals surface area contributed by atoms with Crippen LogP contribution >= 0.6 is 0 Å². The summed E-state index contributed by atoms with van der Waals surface area (Å²) in [6.07, 6.45) is 10.7. The second-order valence-corrected chi connectivity index (χ2v) is 6.77. The standard InChI is InChI=1S/C17H36N2O2.C2HF3O2/c1-2-3-4-5-6-7-8-9-10-11-12-13-14-19-17(21)16(18)15-20;3-2(4,5)1(6)7/h16,20H,2-15,18H2,1H3,(H,19,21);(H,6,7). The van der Waals surface area contributed by atoms with Gasteiger partial charge in [0.05, 0.1) is 6.61 Å². The zero-order valence-corrected chi connectivity index (χ0v) is 16.9. The van der Waals surface area contributed by atoms with Crippen molar-refractivity contribution in [2.75, 3.05) is 13.2 Å². The fourth-order valence-electron chi connectivity index (χ4n) is 2.39. The fourth-order valence-corrected chi connectivity index (χ4v) is 2.39. The van der Waals surface area contributed by atoms with Gasteiger partial charge in [0.1, 0.15) is 6.04 Å². The fraction of sp³-hybridized carbons (Fsp3) is 0.895. The number of rotatable bonds is 15. The molecule has 9 heteroatoms. The third kappa shape index (κ3) is 21.0. The maximum Gasteiger partial charge on any atom is 0.490 e. The third-order valence-electron chi connectivity index (χ3n) is 4.11. The zero-order chi connectivity index (χ0) is 21.8. The Morgan fingerprint density at radius 2 is 1.25 bits per heavy atom. The average Bonchev–Trinajstić information content (AvgIpc) is 2.64. The van der Waals surface area contributed by atoms with Crippen molar-refractivity contribution >= 4 is 11.9 Å². The largest absolute Gasteiger partial charge is 0.490 e. The third-order valence-corrected chi connectivity index (χ3v) is 4.11. The van der Waals surface area contributed by atoms with E-state index in [1.165, 1.54) is 64.2 Å². The number of carbonyl (C=O) groups is 2. The minimum atomic E-state index is -5.08. The Hall–Kier alpha value is -1.35. The van der Waals surface area contributed by atoms with E-state index in [1.54, 1.807) is 0 Å². The molecule has 0 saturated carbocycles. The van der Waals surface area contributed by atoms with Crippen molar-refractivity contribution < 1.29 is 33.0 Å². The van der Waals surface area contributed by atoms with Crippen LogP contribution in [0.25, 0.3) is 0 Å². The lowest BCUT2D eigenvalue weighted by Crippen LogP contribution is -2.43. The average molecular weight is 415 g/mol. The maximum absolute atomic E-state index is 11.3. The minimum absolute atomic E-state index is 0.249. The zero-order valence-electron chi connectivity index (χ0n) is 16.9. The van der Waals surface area contributed by atoms with Crippen molar-refractivity contribution in [2.45, 2.75) is 96.2 Å². The molecular weight excluding hydrogens is 377 g/mol. The van der Waals surface area contributed by atoms with E-state index in [-0.39, 0.29) is 12.5 Å². The van der Waals surface area contributed by atoms with Crippen LogP contribution in [-0.2, 0) is 9.59 Å². The Kier molecular flexibility index (Phi) is 19.6. The van der Waals surface area contributed by atoms with Gasteiger partial charge >= 0.3 is 12.1 Å². The molecule has 0 saturated heterocycles. The Labute approximate surface area is 166 Å². The first-order valence-corrected chi connectivity index (χ1v) is 10.1. The molecule has 0 aromatic heterocycles. The van der Waals surface area contributed by atoms with Crippen LogP contribution < -0.4 is 11.1 Å². The van der Waals surface area contributed by atoms with Gasteiger partial charge in [0, 0.05) is 6.54 Å². The highest BCUT2D eigenvalue weighted by Gasteiger charge is 2.38. The second-order valence-electron chi connectivity index (χ2n) is 6.77. The van der Waals surface area contributed by atoms with Crippen molar-refractivity contribution in [1.82, 2.24) is 5.32 Å². The Morgan fingerprint density at radius 1 is 0.893 bits per heavy atom. The van der Waals surface area contributed by atoms with Gasteiger partial charge in [0.25, 0.3) is 0 Å². The highest BCUT2D eigenvalue weighted by molar-refractivity contribution is 5.81. The topological polar surface area (TPSA) is 113 Å². The number of carboxylic acids is 1. The summed E-state index contributed by atoms with van der Waals surface area (Å²) in [4.78, 5) is 20.2. The van der Waals surface area contributed by atoms with E-state index in [9.17, 15) is 18.0 Å². The van der Waals surface area contributed by atoms with Crippen LogP contribution in [-0.4, -0.2) is 47.5 Å². The van der Waals surface area contributed by atoms with Gasteiger partial charge in [-0.1, -0.05) is 77.6 Å². The van der Waals surface area contributed by atoms with Crippen LogP contribution in [0.4, 0.5) is 13.2 Å². The number of carboxylic acid groups (broad SMARTS) is 1. The number of carbonyl (C=O) groups excluding carboxylic acids is 1. The summed E-state index contributed by atoms with van der Waals surface area (Å²) in [6, 6.07) is -0.776. The van der Waals surface area contributed by atoms with E-state index >= 15 is 0 Å². The number of halogens is 3. The normalized spacial score (nSPS) is 12.1. The molecule has 0 bridgehead atoms. The van der Waals surface area contributed by atoms with Gasteiger partial charge in [-0.2, -0.15) is 13.2 Å². The highest BCUT2D eigenvalue weighted by atomic mass is 19.4. The Balaban J connectivity index is 0. The van der Waals surface area contributed by atoms with Crippen molar-refractivity contribution in [2.24, 2.45) is 5.73 Å². The highest BCUT2D eigenvalue weighted by Crippen LogP contribution is 2.13. The maximum atomic E-state index is 11.3. The van der Waals surface area contributed by atoms with E-state index in [0.717, 1.165) is 12.8 Å². The second kappa shape index (κ2) is 19.0. The first-order chi connectivity index (χ1) is 13.2. The number of unbranched alkanes of at least 4 members (excludes halogenated alkanes) is 11. The lowest BCUT2D eigenvalue weighted by molar-refractivity contribution is -0.192. The first-order valence-electron chi connectivity index (χ1n) is 10.1. The summed E-state index contributed by atoms with van der Waals surface area (Å²) in [7, 11) is 0. The summed E-state index contributed by atoms with van der Waals surface area (Å²) in [5, 5.41) is 18.6. The lowest BCUT2D eigenvalue weighted by atomic mass is 10.1. The predicted molar refractivity (Wildman–Crippen MR) is 103 cm³/mol. The number of amides is 1. The molecule has 0 fully saturated rings. The van der Waals surface area contributed by atoms with Crippen molar-refractivity contribution in [1.29, 1.82) is 0 Å². The van der Waals surface area contributed by atoms with Crippen LogP contribution in [0.2, 0.25) is 0 Å². The van der Waals surface area contributed by atoms with Gasteiger partial charge in [-0.25, -0.2) is 4.79 Å². The molecule has 0 radical (unpaired) electrons. The molecule has 0 aliphatic heterocycles. The smallest absolute Gasteiger partial charge is 0.475 e. The number of alkyl halides is 3. The SMILES string of the molecule is CCCCCCCCCCCCCCNC(=O)C(N)CO.O=C(O)C(F)(F)F. The number of aliphatic hydroxyl groups is 1. The number of aliphatic carboxylic acids is 1. The van der Waals surface area contributed by atoms with Gasteiger partial charge in [-0.15, -0.1) is 0 Å². The quantitative estimate of drug-likeness (QED) is 0.305. The summed E-state index contributed by atoms with van der Waals surface area (Å²) < 4.78 is 31.7. The number of hydrogen-bond donors (Lipinski definition) is 4. The van der Waals surface area contributed by atoms with E-state index < -0.39 is 18.2 Å². The monoisotopic (exact) mass is 414 g/mol. The molecule has 0 aromatic carbocycles. The number of nitrogens with two attached hydrogens (primary N) is 1. The van der Waals surface area contributed by atoms with Crippen LogP contribution in [0.15, 0.2) is 0 Å². The number of hydrogen-bond acceptors (Lipinski definition) is 4. The molecule has 0 aliphatic rings. The van der Waals surface area contributed by atoms with Crippen LogP contribution in [0.1, 0.15) is 84.0 Å². The van der Waals surface area contributed by atoms with Crippen molar-refractivity contribution in [3.05, 3.63) is 0 Å². The van der Waals surface area contributed by atoms with Gasteiger partial charge in [0.2, 0.25) is 5.91 Å². The van der Waals surface area contributed by atoms with Crippen LogP contribution in [0, 0.1) is 0 Å². The lowest BCUT2D eigenvalue weighted by Gasteiger charge is -2.09. The summed E-state index contributed by atoms with van der Waals surface area (Å²) in [5.74, 6) is -3.01. The Morgan fingerprint density at radius 3 is 1.57 bits per heavy atom. The number of aliphatic hydroxyl groups excluding tert-OH is 1. The van der Waals surface area contributed by atoms with Gasteiger partial charge in [-0.05, 0) is 6.42 Å². The first kappa shape index (κ1) is 28.9. The summed E-state index contributed by atoms with van der Waals surface area (Å²) >= 11 is 0. The molecule has 0 spiro atoms.